The van der Waals surface area contributed by atoms with Crippen LogP contribution in [0, 0.1) is 11.3 Å². The van der Waals surface area contributed by atoms with Crippen molar-refractivity contribution in [3.8, 4) is 17.6 Å². The van der Waals surface area contributed by atoms with Crippen molar-refractivity contribution in [1.29, 1.82) is 5.26 Å². The molecule has 0 aromatic heterocycles. The lowest BCUT2D eigenvalue weighted by Gasteiger charge is -2.13. The summed E-state index contributed by atoms with van der Waals surface area (Å²) in [5.74, 6) is -0.606. The predicted molar refractivity (Wildman–Crippen MR) is 59.9 cm³/mol. The fourth-order valence-corrected chi connectivity index (χ4v) is 1.42. The topological polar surface area (TPSA) is 68.6 Å². The first kappa shape index (κ1) is 12.8. The third kappa shape index (κ3) is 2.67. The van der Waals surface area contributed by atoms with E-state index in [2.05, 4.69) is 4.74 Å². The lowest BCUT2D eigenvalue weighted by molar-refractivity contribution is -0.141. The number of carbonyl (C=O) groups excluding carboxylic acids is 1. The van der Waals surface area contributed by atoms with Gasteiger partial charge in [-0.05, 0) is 12.1 Å². The summed E-state index contributed by atoms with van der Waals surface area (Å²) in [6.07, 6.45) is 0. The molecule has 17 heavy (non-hydrogen) atoms. The molecule has 0 radical (unpaired) electrons. The highest BCUT2D eigenvalue weighted by Crippen LogP contribution is 2.30. The Balaban J connectivity index is 3.20. The van der Waals surface area contributed by atoms with Gasteiger partial charge in [-0.25, -0.2) is 0 Å². The van der Waals surface area contributed by atoms with Gasteiger partial charge in [0, 0.05) is 11.6 Å². The van der Waals surface area contributed by atoms with Crippen molar-refractivity contribution in [3.63, 3.8) is 0 Å². The smallest absolute Gasteiger partial charge is 0.327 e. The van der Waals surface area contributed by atoms with E-state index in [0.717, 1.165) is 0 Å². The van der Waals surface area contributed by atoms with E-state index in [4.69, 9.17) is 14.7 Å². The predicted octanol–water partition coefficient (Wildman–Crippen LogP) is 1.48. The Bertz CT molecular complexity index is 450. The molecular formula is C12H13NO4. The largest absolute Gasteiger partial charge is 0.497 e. The molecule has 0 spiro atoms. The molecule has 1 rings (SSSR count). The number of nitrogens with zero attached hydrogens (tertiary/aromatic N) is 1. The standard InChI is InChI=1S/C12H13NO4/c1-15-8-4-5-9(11(6-8)16-2)10(7-13)12(14)17-3/h4-6,10H,1-3H3. The molecular weight excluding hydrogens is 222 g/mol. The molecule has 0 amide bonds. The maximum atomic E-state index is 11.4. The van der Waals surface area contributed by atoms with Gasteiger partial charge in [0.15, 0.2) is 5.92 Å². The van der Waals surface area contributed by atoms with Crippen molar-refractivity contribution in [3.05, 3.63) is 23.8 Å². The summed E-state index contributed by atoms with van der Waals surface area (Å²) in [6, 6.07) is 6.77. The molecule has 0 saturated heterocycles. The highest BCUT2D eigenvalue weighted by molar-refractivity contribution is 5.82. The van der Waals surface area contributed by atoms with Gasteiger partial charge in [-0.1, -0.05) is 0 Å². The van der Waals surface area contributed by atoms with Crippen LogP contribution in [0.3, 0.4) is 0 Å². The normalized spacial score (nSPS) is 11.2. The number of esters is 1. The maximum absolute atomic E-state index is 11.4. The molecule has 0 N–H and O–H groups in total. The van der Waals surface area contributed by atoms with Crippen LogP contribution in [-0.4, -0.2) is 27.3 Å². The van der Waals surface area contributed by atoms with Gasteiger partial charge in [0.2, 0.25) is 0 Å². The van der Waals surface area contributed by atoms with E-state index in [1.54, 1.807) is 18.2 Å². The van der Waals surface area contributed by atoms with Crippen molar-refractivity contribution in [2.45, 2.75) is 5.92 Å². The average molecular weight is 235 g/mol. The monoisotopic (exact) mass is 235 g/mol. The molecule has 0 bridgehead atoms. The van der Waals surface area contributed by atoms with Gasteiger partial charge in [0.1, 0.15) is 11.5 Å². The summed E-state index contributed by atoms with van der Waals surface area (Å²) in [5, 5.41) is 8.99. The SMILES string of the molecule is COC(=O)C(C#N)c1ccc(OC)cc1OC. The van der Waals surface area contributed by atoms with Gasteiger partial charge in [-0.15, -0.1) is 0 Å². The van der Waals surface area contributed by atoms with Crippen LogP contribution in [0.5, 0.6) is 11.5 Å². The Hall–Kier alpha value is -2.22. The Morgan fingerprint density at radius 2 is 2.00 bits per heavy atom. The zero-order valence-corrected chi connectivity index (χ0v) is 9.89. The van der Waals surface area contributed by atoms with E-state index in [1.807, 2.05) is 6.07 Å². The molecule has 5 nitrogen and oxygen atoms in total. The summed E-state index contributed by atoms with van der Waals surface area (Å²) in [4.78, 5) is 11.4. The Morgan fingerprint density at radius 1 is 1.29 bits per heavy atom. The van der Waals surface area contributed by atoms with Crippen molar-refractivity contribution in [2.24, 2.45) is 0 Å². The van der Waals surface area contributed by atoms with Gasteiger partial charge < -0.3 is 14.2 Å². The molecule has 0 aliphatic heterocycles. The summed E-state index contributed by atoms with van der Waals surface area (Å²) < 4.78 is 14.7. The lowest BCUT2D eigenvalue weighted by atomic mass is 9.99. The number of hydrogen-bond donors (Lipinski definition) is 0. The number of hydrogen-bond acceptors (Lipinski definition) is 5. The van der Waals surface area contributed by atoms with E-state index >= 15 is 0 Å². The summed E-state index contributed by atoms with van der Waals surface area (Å²) in [7, 11) is 4.23. The molecule has 0 aliphatic carbocycles. The highest BCUT2D eigenvalue weighted by Gasteiger charge is 2.24. The Morgan fingerprint density at radius 3 is 2.47 bits per heavy atom. The van der Waals surface area contributed by atoms with Crippen LogP contribution in [0.15, 0.2) is 18.2 Å². The molecule has 90 valence electrons. The van der Waals surface area contributed by atoms with Gasteiger partial charge in [-0.3, -0.25) is 4.79 Å². The molecule has 0 saturated carbocycles. The van der Waals surface area contributed by atoms with Gasteiger partial charge in [0.05, 0.1) is 27.4 Å². The van der Waals surface area contributed by atoms with E-state index in [1.165, 1.54) is 21.3 Å². The maximum Gasteiger partial charge on any atom is 0.327 e. The zero-order chi connectivity index (χ0) is 12.8. The number of ether oxygens (including phenoxy) is 3. The lowest BCUT2D eigenvalue weighted by Crippen LogP contribution is -2.13. The number of benzene rings is 1. The van der Waals surface area contributed by atoms with E-state index in [-0.39, 0.29) is 0 Å². The zero-order valence-electron chi connectivity index (χ0n) is 9.89. The van der Waals surface area contributed by atoms with E-state index in [9.17, 15) is 4.79 Å². The van der Waals surface area contributed by atoms with Crippen molar-refractivity contribution < 1.29 is 19.0 Å². The van der Waals surface area contributed by atoms with Crippen LogP contribution >= 0.6 is 0 Å². The average Bonchev–Trinajstić information content (AvgIpc) is 2.39. The first-order valence-corrected chi connectivity index (χ1v) is 4.87. The Labute approximate surface area is 99.5 Å². The first-order chi connectivity index (χ1) is 8.17. The molecule has 1 unspecified atom stereocenters. The van der Waals surface area contributed by atoms with Gasteiger partial charge >= 0.3 is 5.97 Å². The molecule has 0 heterocycles. The number of nitriles is 1. The quantitative estimate of drug-likeness (QED) is 0.739. The minimum Gasteiger partial charge on any atom is -0.497 e. The van der Waals surface area contributed by atoms with Crippen LogP contribution in [-0.2, 0) is 9.53 Å². The third-order valence-electron chi connectivity index (χ3n) is 2.32. The van der Waals surface area contributed by atoms with Crippen molar-refractivity contribution >= 4 is 5.97 Å². The van der Waals surface area contributed by atoms with Crippen LogP contribution in [0.25, 0.3) is 0 Å². The number of methoxy groups -OCH3 is 3. The molecule has 5 heteroatoms. The summed E-state index contributed by atoms with van der Waals surface area (Å²) in [5.41, 5.74) is 0.461. The van der Waals surface area contributed by atoms with Gasteiger partial charge in [0.25, 0.3) is 0 Å². The Kier molecular flexibility index (Phi) is 4.35. The summed E-state index contributed by atoms with van der Waals surface area (Å²) in [6.45, 7) is 0. The highest BCUT2D eigenvalue weighted by atomic mass is 16.5. The minimum atomic E-state index is -0.999. The van der Waals surface area contributed by atoms with Crippen molar-refractivity contribution in [1.82, 2.24) is 0 Å². The second-order valence-corrected chi connectivity index (χ2v) is 3.19. The van der Waals surface area contributed by atoms with Crippen LogP contribution in [0.1, 0.15) is 11.5 Å². The third-order valence-corrected chi connectivity index (χ3v) is 2.32. The van der Waals surface area contributed by atoms with E-state index in [0.29, 0.717) is 17.1 Å². The number of carbonyl (C=O) groups is 1. The molecule has 1 aromatic rings. The number of rotatable bonds is 4. The molecule has 0 fully saturated rings. The molecule has 0 aliphatic rings. The second kappa shape index (κ2) is 5.75. The van der Waals surface area contributed by atoms with Crippen LogP contribution in [0.2, 0.25) is 0 Å². The first-order valence-electron chi connectivity index (χ1n) is 4.87. The fraction of sp³-hybridized carbons (Fsp3) is 0.333. The molecule has 1 atom stereocenters. The van der Waals surface area contributed by atoms with Crippen LogP contribution in [0.4, 0.5) is 0 Å². The fourth-order valence-electron chi connectivity index (χ4n) is 1.42. The van der Waals surface area contributed by atoms with Crippen molar-refractivity contribution in [2.75, 3.05) is 21.3 Å². The van der Waals surface area contributed by atoms with E-state index < -0.39 is 11.9 Å². The van der Waals surface area contributed by atoms with Crippen LogP contribution < -0.4 is 9.47 Å². The summed E-state index contributed by atoms with van der Waals surface area (Å²) >= 11 is 0. The minimum absolute atomic E-state index is 0.418. The second-order valence-electron chi connectivity index (χ2n) is 3.19. The molecule has 1 aromatic carbocycles. The van der Waals surface area contributed by atoms with Gasteiger partial charge in [-0.2, -0.15) is 5.26 Å².